The number of aromatic nitrogens is 15. The average molecular weight is 1670 g/mol. The third-order valence-electron chi connectivity index (χ3n) is 17.4. The van der Waals surface area contributed by atoms with Crippen LogP contribution in [0.5, 0.6) is 0 Å². The number of aryl methyl sites for hydroxylation is 2. The van der Waals surface area contributed by atoms with Crippen LogP contribution < -0.4 is 16.0 Å². The Morgan fingerprint density at radius 3 is 1.26 bits per heavy atom. The van der Waals surface area contributed by atoms with E-state index in [1.165, 1.54) is 16.7 Å². The minimum atomic E-state index is -4.87. The predicted octanol–water partition coefficient (Wildman–Crippen LogP) is -0.269. The lowest BCUT2D eigenvalue weighted by molar-refractivity contribution is -0.0375. The predicted molar refractivity (Wildman–Crippen MR) is 375 cm³/mol. The Morgan fingerprint density at radius 1 is 0.486 bits per heavy atom. The van der Waals surface area contributed by atoms with E-state index in [-0.39, 0.29) is 67.2 Å². The monoisotopic (exact) mass is 1670 g/mol. The molecule has 578 valence electrons. The molecule has 3 aliphatic heterocycles. The molecule has 51 heteroatoms. The molecular weight excluding hydrogens is 1600 g/mol. The number of aliphatic hydroxyl groups excluding tert-OH is 6. The minimum absolute atomic E-state index is 0.0143. The number of hydrogen-bond acceptors (Lipinski definition) is 33. The summed E-state index contributed by atoms with van der Waals surface area (Å²) in [4.78, 5) is 78.8. The topological polar surface area (TPSA) is 630 Å². The molecule has 2 aliphatic carbocycles. The molecule has 3 fully saturated rings. The fourth-order valence-corrected chi connectivity index (χ4v) is 23.1. The van der Waals surface area contributed by atoms with Crippen LogP contribution in [0.3, 0.4) is 0 Å². The van der Waals surface area contributed by atoms with Crippen LogP contribution >= 0.6 is 57.6 Å². The van der Waals surface area contributed by atoms with Crippen molar-refractivity contribution < 1.29 is 113 Å². The van der Waals surface area contributed by atoms with Crippen LogP contribution in [0.1, 0.15) is 64.5 Å². The van der Waals surface area contributed by atoms with Gasteiger partial charge in [-0.2, -0.15) is 43.9 Å². The molecule has 15 N–H and O–H groups in total. The van der Waals surface area contributed by atoms with Crippen LogP contribution in [0.25, 0.3) is 33.5 Å². The largest absolute Gasteiger partial charge is 0.387 e. The maximum Gasteiger partial charge on any atom is 0.340 e. The van der Waals surface area contributed by atoms with Crippen molar-refractivity contribution in [2.45, 2.75) is 125 Å². The van der Waals surface area contributed by atoms with E-state index >= 15 is 0 Å². The highest BCUT2D eigenvalue weighted by molar-refractivity contribution is 7.98. The highest BCUT2D eigenvalue weighted by Crippen LogP contribution is 2.43. The fourth-order valence-electron chi connectivity index (χ4n) is 12.9. The Hall–Kier alpha value is -6.69. The summed E-state index contributed by atoms with van der Waals surface area (Å²) in [6.45, 7) is 2.35. The van der Waals surface area contributed by atoms with E-state index in [0.717, 1.165) is 56.4 Å². The first-order valence-electron chi connectivity index (χ1n) is 31.8. The molecule has 9 heterocycles. The van der Waals surface area contributed by atoms with Gasteiger partial charge in [-0.1, -0.05) is 94.0 Å². The maximum absolute atomic E-state index is 12.2. The minimum Gasteiger partial charge on any atom is -0.387 e. The van der Waals surface area contributed by atoms with Crippen LogP contribution in [-0.4, -0.2) is 255 Å². The van der Waals surface area contributed by atoms with Gasteiger partial charge in [-0.3, -0.25) is 13.7 Å². The molecule has 5 aliphatic rings. The third kappa shape index (κ3) is 18.9. The first kappa shape index (κ1) is 79.8. The van der Waals surface area contributed by atoms with Crippen molar-refractivity contribution in [3.05, 3.63) is 122 Å². The molecule has 6 aromatic heterocycles. The van der Waals surface area contributed by atoms with Crippen LogP contribution in [-0.2, 0) is 83.2 Å². The Bertz CT molecular complexity index is 5340. The van der Waals surface area contributed by atoms with Crippen molar-refractivity contribution in [2.24, 2.45) is 0 Å². The molecule has 13 atom stereocenters. The summed E-state index contributed by atoms with van der Waals surface area (Å²) in [5, 5.41) is 96.0. The van der Waals surface area contributed by atoms with Gasteiger partial charge in [0.25, 0.3) is 0 Å². The number of benzene rings is 3. The molecule has 3 saturated heterocycles. The summed E-state index contributed by atoms with van der Waals surface area (Å²) < 4.78 is 126. The molecule has 3 aromatic carbocycles. The molecule has 0 bridgehead atoms. The summed E-state index contributed by atoms with van der Waals surface area (Å²) in [7, 11) is -27.6. The maximum atomic E-state index is 12.2. The Labute approximate surface area is 619 Å². The van der Waals surface area contributed by atoms with E-state index in [2.05, 4.69) is 95.0 Å². The zero-order chi connectivity index (χ0) is 77.2. The summed E-state index contributed by atoms with van der Waals surface area (Å²) in [6, 6.07) is 23.8. The number of anilines is 3. The zero-order valence-electron chi connectivity index (χ0n) is 55.0. The highest BCUT2D eigenvalue weighted by atomic mass is 35.5. The molecular formula is C56H66Cl3N18O24P3S3. The van der Waals surface area contributed by atoms with E-state index in [0.29, 0.717) is 18.2 Å². The molecule has 42 nitrogen and oxygen atoms in total. The number of hydrogen-bond donors (Lipinski definition) is 15. The van der Waals surface area contributed by atoms with Crippen molar-refractivity contribution in [1.29, 1.82) is 0 Å². The molecule has 9 aromatic rings. The van der Waals surface area contributed by atoms with Gasteiger partial charge < -0.3 is 90.2 Å². The van der Waals surface area contributed by atoms with E-state index < -0.39 is 160 Å². The van der Waals surface area contributed by atoms with E-state index in [1.54, 1.807) is 0 Å². The van der Waals surface area contributed by atoms with Crippen molar-refractivity contribution in [3.63, 3.8) is 0 Å². The number of aliphatic hydroxyl groups is 6. The third-order valence-corrected chi connectivity index (χ3v) is 29.1. The lowest BCUT2D eigenvalue weighted by Crippen LogP contribution is -2.36. The molecule has 107 heavy (non-hydrogen) atoms. The van der Waals surface area contributed by atoms with Gasteiger partial charge in [0.1, 0.15) is 54.9 Å². The van der Waals surface area contributed by atoms with Gasteiger partial charge >= 0.3 is 22.8 Å². The molecule has 0 spiro atoms. The summed E-state index contributed by atoms with van der Waals surface area (Å²) in [5.41, 5.74) is 3.36. The van der Waals surface area contributed by atoms with Crippen molar-refractivity contribution in [1.82, 2.24) is 74.9 Å². The van der Waals surface area contributed by atoms with E-state index in [4.69, 9.17) is 78.4 Å². The van der Waals surface area contributed by atoms with Gasteiger partial charge in [-0.15, -0.1) is 15.3 Å². The normalized spacial score (nSPS) is 24.8. The molecule has 14 rings (SSSR count). The summed E-state index contributed by atoms with van der Waals surface area (Å²) in [6.07, 6.45) is -15.4. The Balaban J connectivity index is 0.000000150. The first-order valence-corrected chi connectivity index (χ1v) is 43.8. The standard InChI is InChI=1S/2C19H22ClN6O8PS.C18H22ClN6O8PS/c20-19-22-16(21-11-5-9-3-1-2-4-10(9)6-11)13-17(23-19)26(25-24-13)18-15(28)14(27)12(34-18)7-36(32,33)8-35(29,30)31;20-19-22-16(21-11-6-5-9-3-1-2-4-10(9)11)13-17(23-19)26(25-24-13)18-15(28)14(27)12(34-18)7-36(32,33)8-35(29,30)31;1-9-3-2-4-10(5-9)6-20-15-12-16(22-18(19)21-15)25(24-23-12)17-14(27)13(26)11(33-17)7-35(31,32)8-34(28,29)30/h2*1-4,11-12,14-15,18,27-28H,5-8H2,(H,21,22,23)(H2,29,30,31);2-5,11,13-14,17,26-27H,6-8H2,1H3,(H,20,21,22)(H2,28,29,30)/t12-,14-,15-,18-;11-,12+,14+,15+,18+;11-,13-,14-,17-/m101/s1. The van der Waals surface area contributed by atoms with Gasteiger partial charge in [0.2, 0.25) is 15.9 Å². The number of halogens is 3. The van der Waals surface area contributed by atoms with Gasteiger partial charge in [0, 0.05) is 12.6 Å². The smallest absolute Gasteiger partial charge is 0.340 e. The van der Waals surface area contributed by atoms with Crippen LogP contribution in [0.2, 0.25) is 15.9 Å². The number of fused-ring (bicyclic) bond motifs is 5. The SMILES string of the molecule is Cc1cccc(CNc2nc(Cl)nc3c2nnn3[C@@H]2O[C@H](CS(=O)(=O)CP(=O)(O)O)[C@@H](O)[C@H]2O)c1.O=P(O)(O)CS(=O)(=O)C[C@H]1O[C@@H](n2nnc3c(NC4Cc5ccccc5C4)nc(Cl)nc32)[C@H](O)[C@@H]1O.O=P(O)(O)CS(=O)(=O)C[C@H]1O[C@@H](n2nnc3c(N[C@H]4CCc5ccccc54)nc(Cl)nc32)[C@H](O)[C@@H]1O. The van der Waals surface area contributed by atoms with Crippen LogP contribution in [0.15, 0.2) is 72.8 Å². The number of nitrogens with one attached hydrogen (secondary N) is 3. The lowest BCUT2D eigenvalue weighted by Gasteiger charge is -2.16. The number of rotatable bonds is 22. The lowest BCUT2D eigenvalue weighted by atomic mass is 10.1. The van der Waals surface area contributed by atoms with Crippen molar-refractivity contribution in [3.8, 4) is 0 Å². The Morgan fingerprint density at radius 2 is 0.860 bits per heavy atom. The van der Waals surface area contributed by atoms with Crippen LogP contribution in [0, 0.1) is 6.92 Å². The number of nitrogens with zero attached hydrogens (tertiary/aromatic N) is 15. The Kier molecular flexibility index (Phi) is 23.3. The van der Waals surface area contributed by atoms with Gasteiger partial charge in [0.15, 0.2) is 116 Å². The van der Waals surface area contributed by atoms with Gasteiger partial charge in [-0.05, 0) is 95.2 Å². The van der Waals surface area contributed by atoms with Crippen molar-refractivity contribution in [2.75, 3.05) is 49.7 Å². The second kappa shape index (κ2) is 31.2. The second-order valence-electron chi connectivity index (χ2n) is 25.7. The van der Waals surface area contributed by atoms with E-state index in [9.17, 15) is 69.6 Å². The second-order valence-corrected chi connectivity index (χ2v) is 39.3. The fraction of sp³-hybridized carbons (Fsp3) is 0.464. The molecule has 0 amide bonds. The molecule has 0 radical (unpaired) electrons. The zero-order valence-corrected chi connectivity index (χ0v) is 62.4. The van der Waals surface area contributed by atoms with E-state index in [1.807, 2.05) is 61.5 Å². The number of sulfone groups is 3. The molecule has 0 saturated carbocycles. The van der Waals surface area contributed by atoms with Gasteiger partial charge in [-0.25, -0.2) is 25.3 Å². The quantitative estimate of drug-likeness (QED) is 0.0307. The highest BCUT2D eigenvalue weighted by Gasteiger charge is 2.51. The van der Waals surface area contributed by atoms with Crippen molar-refractivity contribution >= 4 is 138 Å². The number of ether oxygens (including phenoxy) is 3. The van der Waals surface area contributed by atoms with Crippen LogP contribution in [0.4, 0.5) is 17.5 Å². The first-order chi connectivity index (χ1) is 50.1. The van der Waals surface area contributed by atoms with Gasteiger partial charge in [0.05, 0.1) is 23.3 Å². The average Bonchev–Trinajstić information content (AvgIpc) is 1.62. The molecule has 0 unspecified atom stereocenters. The summed E-state index contributed by atoms with van der Waals surface area (Å²) in [5.74, 6) is -1.93. The summed E-state index contributed by atoms with van der Waals surface area (Å²) >= 11 is 18.4.